The highest BCUT2D eigenvalue weighted by atomic mass is 16.5. The zero-order chi connectivity index (χ0) is 17.9. The molecule has 0 spiro atoms. The van der Waals surface area contributed by atoms with Crippen molar-refractivity contribution in [3.05, 3.63) is 60.1 Å². The van der Waals surface area contributed by atoms with E-state index in [2.05, 4.69) is 20.0 Å². The monoisotopic (exact) mass is 352 g/mol. The summed E-state index contributed by atoms with van der Waals surface area (Å²) < 4.78 is 7.07. The van der Waals surface area contributed by atoms with Gasteiger partial charge in [0.1, 0.15) is 12.1 Å². The number of amides is 1. The molecule has 0 atom stereocenters. The van der Waals surface area contributed by atoms with Crippen LogP contribution in [0.15, 0.2) is 47.6 Å². The Morgan fingerprint density at radius 3 is 2.69 bits per heavy atom. The first-order valence-electron chi connectivity index (χ1n) is 8.57. The summed E-state index contributed by atoms with van der Waals surface area (Å²) in [7, 11) is 0. The topological polar surface area (TPSA) is 80.3 Å². The second-order valence-corrected chi connectivity index (χ2v) is 6.38. The molecule has 1 aliphatic rings. The van der Waals surface area contributed by atoms with Crippen LogP contribution in [0, 0.1) is 6.92 Å². The number of rotatable bonds is 4. The molecule has 3 aromatic heterocycles. The van der Waals surface area contributed by atoms with Crippen LogP contribution in [0.2, 0.25) is 0 Å². The zero-order valence-electron chi connectivity index (χ0n) is 14.6. The molecule has 134 valence electrons. The van der Waals surface area contributed by atoms with Gasteiger partial charge in [-0.2, -0.15) is 0 Å². The summed E-state index contributed by atoms with van der Waals surface area (Å²) in [6.45, 7) is 5.64. The van der Waals surface area contributed by atoms with Crippen molar-refractivity contribution in [1.82, 2.24) is 29.5 Å². The summed E-state index contributed by atoms with van der Waals surface area (Å²) in [5, 5.41) is 3.91. The Balaban J connectivity index is 1.34. The second-order valence-electron chi connectivity index (χ2n) is 6.38. The maximum Gasteiger partial charge on any atom is 0.255 e. The Hall–Kier alpha value is -3.00. The minimum atomic E-state index is 0.0184. The minimum absolute atomic E-state index is 0.0184. The van der Waals surface area contributed by atoms with Crippen molar-refractivity contribution in [3.8, 4) is 5.82 Å². The number of pyridine rings is 1. The highest BCUT2D eigenvalue weighted by Crippen LogP contribution is 2.13. The SMILES string of the molecule is Cc1cc(CN2CCN(C(=O)c3ccc(-n4ccnc4)nc3)CC2)on1. The van der Waals surface area contributed by atoms with Gasteiger partial charge in [-0.05, 0) is 19.1 Å². The van der Waals surface area contributed by atoms with Crippen LogP contribution in [0.1, 0.15) is 21.8 Å². The Labute approximate surface area is 151 Å². The van der Waals surface area contributed by atoms with Crippen LogP contribution in [0.5, 0.6) is 0 Å². The first kappa shape index (κ1) is 16.5. The van der Waals surface area contributed by atoms with Crippen LogP contribution in [0.25, 0.3) is 5.82 Å². The molecule has 0 unspecified atom stereocenters. The Kier molecular flexibility index (Phi) is 4.49. The number of piperazine rings is 1. The van der Waals surface area contributed by atoms with Crippen molar-refractivity contribution in [2.24, 2.45) is 0 Å². The van der Waals surface area contributed by atoms with E-state index in [1.54, 1.807) is 23.3 Å². The molecule has 1 fully saturated rings. The number of carbonyl (C=O) groups excluding carboxylic acids is 1. The number of aryl methyl sites for hydroxylation is 1. The third-order valence-electron chi connectivity index (χ3n) is 4.48. The summed E-state index contributed by atoms with van der Waals surface area (Å²) in [5.74, 6) is 1.62. The largest absolute Gasteiger partial charge is 0.360 e. The van der Waals surface area contributed by atoms with E-state index in [0.29, 0.717) is 18.7 Å². The fourth-order valence-corrected chi connectivity index (χ4v) is 3.06. The van der Waals surface area contributed by atoms with E-state index >= 15 is 0 Å². The molecule has 8 nitrogen and oxygen atoms in total. The molecule has 1 aliphatic heterocycles. The van der Waals surface area contributed by atoms with Gasteiger partial charge >= 0.3 is 0 Å². The predicted molar refractivity (Wildman–Crippen MR) is 93.8 cm³/mol. The smallest absolute Gasteiger partial charge is 0.255 e. The molecule has 4 rings (SSSR count). The summed E-state index contributed by atoms with van der Waals surface area (Å²) >= 11 is 0. The number of aromatic nitrogens is 4. The van der Waals surface area contributed by atoms with Crippen LogP contribution >= 0.6 is 0 Å². The first-order valence-corrected chi connectivity index (χ1v) is 8.57. The lowest BCUT2D eigenvalue weighted by molar-refractivity contribution is 0.0617. The molecule has 0 saturated carbocycles. The van der Waals surface area contributed by atoms with E-state index < -0.39 is 0 Å². The first-order chi connectivity index (χ1) is 12.7. The lowest BCUT2D eigenvalue weighted by atomic mass is 10.2. The van der Waals surface area contributed by atoms with Crippen LogP contribution in [0.3, 0.4) is 0 Å². The van der Waals surface area contributed by atoms with Crippen LogP contribution in [-0.2, 0) is 6.54 Å². The van der Waals surface area contributed by atoms with E-state index in [1.807, 2.05) is 36.2 Å². The molecule has 0 N–H and O–H groups in total. The molecular formula is C18H20N6O2. The minimum Gasteiger partial charge on any atom is -0.360 e. The van der Waals surface area contributed by atoms with Gasteiger partial charge in [-0.1, -0.05) is 5.16 Å². The lowest BCUT2D eigenvalue weighted by Gasteiger charge is -2.34. The Morgan fingerprint density at radius 1 is 1.23 bits per heavy atom. The standard InChI is InChI=1S/C18H20N6O2/c1-14-10-16(26-21-14)12-22-6-8-23(9-7-22)18(25)15-2-3-17(20-11-15)24-5-4-19-13-24/h2-5,10-11,13H,6-9,12H2,1H3. The van der Waals surface area contributed by atoms with Crippen molar-refractivity contribution in [1.29, 1.82) is 0 Å². The molecule has 4 heterocycles. The van der Waals surface area contributed by atoms with Gasteiger partial charge in [0, 0.05) is 50.8 Å². The molecule has 3 aromatic rings. The van der Waals surface area contributed by atoms with E-state index in [9.17, 15) is 4.79 Å². The normalized spacial score (nSPS) is 15.3. The summed E-state index contributed by atoms with van der Waals surface area (Å²) in [4.78, 5) is 25.2. The Bertz CT molecular complexity index is 863. The number of hydrogen-bond donors (Lipinski definition) is 0. The molecule has 0 bridgehead atoms. The molecule has 0 radical (unpaired) electrons. The van der Waals surface area contributed by atoms with E-state index in [1.165, 1.54) is 0 Å². The maximum atomic E-state index is 12.7. The number of hydrogen-bond acceptors (Lipinski definition) is 6. The summed E-state index contributed by atoms with van der Waals surface area (Å²) in [6.07, 6.45) is 6.82. The van der Waals surface area contributed by atoms with Gasteiger partial charge in [-0.15, -0.1) is 0 Å². The second kappa shape index (κ2) is 7.09. The highest BCUT2D eigenvalue weighted by Gasteiger charge is 2.23. The molecule has 0 aliphatic carbocycles. The van der Waals surface area contributed by atoms with Gasteiger partial charge in [0.15, 0.2) is 5.76 Å². The zero-order valence-corrected chi connectivity index (χ0v) is 14.6. The van der Waals surface area contributed by atoms with Gasteiger partial charge in [0.25, 0.3) is 5.91 Å². The molecule has 26 heavy (non-hydrogen) atoms. The number of nitrogens with zero attached hydrogens (tertiary/aromatic N) is 6. The van der Waals surface area contributed by atoms with Gasteiger partial charge in [0.05, 0.1) is 17.8 Å². The van der Waals surface area contributed by atoms with Crippen molar-refractivity contribution in [3.63, 3.8) is 0 Å². The van der Waals surface area contributed by atoms with Crippen molar-refractivity contribution < 1.29 is 9.32 Å². The average molecular weight is 352 g/mol. The molecular weight excluding hydrogens is 332 g/mol. The quantitative estimate of drug-likeness (QED) is 0.708. The maximum absolute atomic E-state index is 12.7. The lowest BCUT2D eigenvalue weighted by Crippen LogP contribution is -2.48. The highest BCUT2D eigenvalue weighted by molar-refractivity contribution is 5.94. The molecule has 1 amide bonds. The van der Waals surface area contributed by atoms with E-state index in [4.69, 9.17) is 4.52 Å². The fourth-order valence-electron chi connectivity index (χ4n) is 3.06. The van der Waals surface area contributed by atoms with Gasteiger partial charge in [0.2, 0.25) is 0 Å². The van der Waals surface area contributed by atoms with E-state index in [0.717, 1.165) is 36.9 Å². The van der Waals surface area contributed by atoms with E-state index in [-0.39, 0.29) is 5.91 Å². The number of imidazole rings is 1. The van der Waals surface area contributed by atoms with Crippen molar-refractivity contribution in [2.75, 3.05) is 26.2 Å². The van der Waals surface area contributed by atoms with Gasteiger partial charge in [-0.3, -0.25) is 14.3 Å². The molecule has 1 saturated heterocycles. The van der Waals surface area contributed by atoms with Gasteiger partial charge < -0.3 is 9.42 Å². The van der Waals surface area contributed by atoms with Crippen molar-refractivity contribution in [2.45, 2.75) is 13.5 Å². The fraction of sp³-hybridized carbons (Fsp3) is 0.333. The van der Waals surface area contributed by atoms with Crippen LogP contribution in [0.4, 0.5) is 0 Å². The van der Waals surface area contributed by atoms with Gasteiger partial charge in [-0.25, -0.2) is 9.97 Å². The summed E-state index contributed by atoms with van der Waals surface area (Å²) in [6, 6.07) is 5.59. The Morgan fingerprint density at radius 2 is 2.08 bits per heavy atom. The number of carbonyl (C=O) groups is 1. The van der Waals surface area contributed by atoms with Crippen molar-refractivity contribution >= 4 is 5.91 Å². The predicted octanol–water partition coefficient (Wildman–Crippen LogP) is 1.52. The third-order valence-corrected chi connectivity index (χ3v) is 4.48. The molecule has 8 heteroatoms. The third kappa shape index (κ3) is 3.50. The average Bonchev–Trinajstić information content (AvgIpc) is 3.34. The molecule has 0 aromatic carbocycles. The van der Waals surface area contributed by atoms with Crippen LogP contribution < -0.4 is 0 Å². The van der Waals surface area contributed by atoms with Crippen LogP contribution in [-0.4, -0.2) is 61.6 Å². The summed E-state index contributed by atoms with van der Waals surface area (Å²) in [5.41, 5.74) is 1.49.